The van der Waals surface area contributed by atoms with Crippen molar-refractivity contribution < 1.29 is 4.70 Å². The summed E-state index contributed by atoms with van der Waals surface area (Å²) in [6.45, 7) is 4.04. The summed E-state index contributed by atoms with van der Waals surface area (Å²) in [7, 11) is 0. The van der Waals surface area contributed by atoms with Gasteiger partial charge in [-0.25, -0.2) is 0 Å². The molecule has 0 fully saturated rings. The number of hydrogen-bond donors (Lipinski definition) is 0. The van der Waals surface area contributed by atoms with Gasteiger partial charge < -0.3 is 0 Å². The second-order valence-corrected chi connectivity index (χ2v) is 2.89. The first-order chi connectivity index (χ1) is 5.27. The molecule has 0 aromatic carbocycles. The third kappa shape index (κ3) is 0.926. The maximum atomic E-state index is 3.99. The summed E-state index contributed by atoms with van der Waals surface area (Å²) in [6, 6.07) is 0.277. The van der Waals surface area contributed by atoms with Crippen molar-refractivity contribution in [1.29, 1.82) is 0 Å². The number of fused-ring (bicyclic) bond motifs is 1. The molecule has 0 amide bonds. The van der Waals surface area contributed by atoms with E-state index in [0.29, 0.717) is 0 Å². The molecule has 2 rings (SSSR count). The van der Waals surface area contributed by atoms with Crippen molar-refractivity contribution in [3.8, 4) is 0 Å². The van der Waals surface area contributed by atoms with Crippen LogP contribution in [-0.4, -0.2) is 16.5 Å². The lowest BCUT2D eigenvalue weighted by molar-refractivity contribution is -0.535. The molecule has 11 heavy (non-hydrogen) atoms. The summed E-state index contributed by atoms with van der Waals surface area (Å²) < 4.78 is 1.88. The summed E-state index contributed by atoms with van der Waals surface area (Å²) in [5.74, 6) is 0. The van der Waals surface area contributed by atoms with Gasteiger partial charge in [0.1, 0.15) is 11.4 Å². The van der Waals surface area contributed by atoms with Crippen molar-refractivity contribution in [2.45, 2.75) is 19.9 Å². The highest BCUT2D eigenvalue weighted by Gasteiger charge is 2.29. The average Bonchev–Trinajstić information content (AvgIpc) is 2.32. The van der Waals surface area contributed by atoms with Crippen LogP contribution in [0.25, 0.3) is 0 Å². The Morgan fingerprint density at radius 3 is 3.09 bits per heavy atom. The minimum Gasteiger partial charge on any atom is -0.122 e. The van der Waals surface area contributed by atoms with Crippen molar-refractivity contribution in [1.82, 2.24) is 0 Å². The maximum Gasteiger partial charge on any atom is 0.205 e. The Hall–Kier alpha value is -1.25. The van der Waals surface area contributed by atoms with Crippen molar-refractivity contribution >= 4 is 5.71 Å². The molecule has 3 heteroatoms. The van der Waals surface area contributed by atoms with E-state index in [1.807, 2.05) is 17.8 Å². The zero-order chi connectivity index (χ0) is 7.84. The third-order valence-corrected chi connectivity index (χ3v) is 1.90. The van der Waals surface area contributed by atoms with E-state index >= 15 is 0 Å². The second kappa shape index (κ2) is 2.12. The Morgan fingerprint density at radius 1 is 1.45 bits per heavy atom. The zero-order valence-electron chi connectivity index (χ0n) is 6.65. The Labute approximate surface area is 65.4 Å². The van der Waals surface area contributed by atoms with Crippen LogP contribution < -0.4 is 0 Å². The van der Waals surface area contributed by atoms with E-state index < -0.39 is 0 Å². The molecule has 0 aliphatic carbocycles. The molecule has 0 spiro atoms. The number of allylic oxidation sites excluding steroid dienone is 2. The molecule has 0 aromatic rings. The van der Waals surface area contributed by atoms with Gasteiger partial charge in [-0.15, -0.1) is 4.70 Å². The SMILES string of the molecule is CC1=C[N+]2=NN=C(C)C2C=C1. The molecular formula is C8H10N3+. The van der Waals surface area contributed by atoms with Crippen LogP contribution >= 0.6 is 0 Å². The number of hydrogen-bond acceptors (Lipinski definition) is 2. The van der Waals surface area contributed by atoms with Gasteiger partial charge in [-0.3, -0.25) is 0 Å². The number of nitrogens with zero attached hydrogens (tertiary/aromatic N) is 3. The summed E-state index contributed by atoms with van der Waals surface area (Å²) in [6.07, 6.45) is 6.22. The average molecular weight is 148 g/mol. The highest BCUT2D eigenvalue weighted by molar-refractivity contribution is 5.88. The monoisotopic (exact) mass is 148 g/mol. The molecular weight excluding hydrogens is 138 g/mol. The van der Waals surface area contributed by atoms with Gasteiger partial charge >= 0.3 is 0 Å². The summed E-state index contributed by atoms with van der Waals surface area (Å²) in [5, 5.41) is 7.97. The fourth-order valence-corrected chi connectivity index (χ4v) is 1.26. The van der Waals surface area contributed by atoms with E-state index in [1.54, 1.807) is 0 Å². The lowest BCUT2D eigenvalue weighted by Gasteiger charge is -2.05. The smallest absolute Gasteiger partial charge is 0.122 e. The van der Waals surface area contributed by atoms with Crippen LogP contribution in [0.4, 0.5) is 0 Å². The summed E-state index contributed by atoms with van der Waals surface area (Å²) in [4.78, 5) is 0. The normalized spacial score (nSPS) is 27.5. The Morgan fingerprint density at radius 2 is 2.27 bits per heavy atom. The van der Waals surface area contributed by atoms with Gasteiger partial charge in [0, 0.05) is 6.92 Å². The predicted octanol–water partition coefficient (Wildman–Crippen LogP) is 1.68. The molecule has 2 aliphatic heterocycles. The van der Waals surface area contributed by atoms with Crippen molar-refractivity contribution in [2.24, 2.45) is 10.3 Å². The number of rotatable bonds is 0. The minimum absolute atomic E-state index is 0.277. The van der Waals surface area contributed by atoms with E-state index in [4.69, 9.17) is 0 Å². The second-order valence-electron chi connectivity index (χ2n) is 2.89. The van der Waals surface area contributed by atoms with E-state index in [2.05, 4.69) is 29.4 Å². The van der Waals surface area contributed by atoms with Crippen LogP contribution in [0.3, 0.4) is 0 Å². The fraction of sp³-hybridized carbons (Fsp3) is 0.375. The molecule has 0 bridgehead atoms. The molecule has 1 unspecified atom stereocenters. The first-order valence-corrected chi connectivity index (χ1v) is 3.67. The Balaban J connectivity index is 2.38. The fourth-order valence-electron chi connectivity index (χ4n) is 1.26. The van der Waals surface area contributed by atoms with E-state index in [9.17, 15) is 0 Å². The van der Waals surface area contributed by atoms with Gasteiger partial charge in [0.05, 0.1) is 5.10 Å². The van der Waals surface area contributed by atoms with Crippen molar-refractivity contribution in [2.75, 3.05) is 0 Å². The highest BCUT2D eigenvalue weighted by Crippen LogP contribution is 2.15. The van der Waals surface area contributed by atoms with Crippen LogP contribution in [0, 0.1) is 0 Å². The summed E-state index contributed by atoms with van der Waals surface area (Å²) in [5.41, 5.74) is 2.28. The molecule has 2 heterocycles. The standard InChI is InChI=1S/C8H10N3/c1-6-3-4-8-7(2)9-10-11(8)5-6/h3-5,8H,1-2H3/q+1. The maximum absolute atomic E-state index is 3.99. The van der Waals surface area contributed by atoms with Gasteiger partial charge in [0.15, 0.2) is 0 Å². The van der Waals surface area contributed by atoms with Crippen molar-refractivity contribution in [3.05, 3.63) is 23.9 Å². The van der Waals surface area contributed by atoms with Crippen LogP contribution in [0.15, 0.2) is 34.2 Å². The molecule has 2 aliphatic rings. The van der Waals surface area contributed by atoms with Gasteiger partial charge in [-0.2, -0.15) is 0 Å². The van der Waals surface area contributed by atoms with Gasteiger partial charge in [0.2, 0.25) is 11.8 Å². The van der Waals surface area contributed by atoms with Gasteiger partial charge in [0.25, 0.3) is 0 Å². The topological polar surface area (TPSA) is 27.7 Å². The van der Waals surface area contributed by atoms with Crippen LogP contribution in [-0.2, 0) is 0 Å². The zero-order valence-corrected chi connectivity index (χ0v) is 6.65. The molecule has 56 valence electrons. The third-order valence-electron chi connectivity index (χ3n) is 1.90. The largest absolute Gasteiger partial charge is 0.205 e. The van der Waals surface area contributed by atoms with Gasteiger partial charge in [-0.05, 0) is 18.6 Å². The Kier molecular flexibility index (Phi) is 1.24. The molecule has 0 radical (unpaired) electrons. The summed E-state index contributed by atoms with van der Waals surface area (Å²) >= 11 is 0. The molecule has 1 atom stereocenters. The van der Waals surface area contributed by atoms with Gasteiger partial charge in [-0.1, -0.05) is 6.08 Å². The predicted molar refractivity (Wildman–Crippen MR) is 42.5 cm³/mol. The minimum atomic E-state index is 0.277. The lowest BCUT2D eigenvalue weighted by Crippen LogP contribution is -2.24. The molecule has 0 saturated carbocycles. The first kappa shape index (κ1) is 6.46. The molecule has 0 saturated heterocycles. The molecule has 0 aromatic heterocycles. The molecule has 0 N–H and O–H groups in total. The van der Waals surface area contributed by atoms with E-state index in [1.165, 1.54) is 5.57 Å². The lowest BCUT2D eigenvalue weighted by atomic mass is 10.1. The highest BCUT2D eigenvalue weighted by atomic mass is 15.5. The van der Waals surface area contributed by atoms with Crippen molar-refractivity contribution in [3.63, 3.8) is 0 Å². The molecule has 3 nitrogen and oxygen atoms in total. The quantitative estimate of drug-likeness (QED) is 0.467. The first-order valence-electron chi connectivity index (χ1n) is 3.67. The van der Waals surface area contributed by atoms with E-state index in [0.717, 1.165) is 5.71 Å². The Bertz CT molecular complexity index is 307. The van der Waals surface area contributed by atoms with Crippen LogP contribution in [0.1, 0.15) is 13.8 Å². The van der Waals surface area contributed by atoms with Crippen LogP contribution in [0.5, 0.6) is 0 Å². The van der Waals surface area contributed by atoms with Crippen LogP contribution in [0.2, 0.25) is 0 Å². The van der Waals surface area contributed by atoms with E-state index in [-0.39, 0.29) is 6.04 Å².